The van der Waals surface area contributed by atoms with Crippen LogP contribution < -0.4 is 10.9 Å². The fraction of sp³-hybridized carbons (Fsp3) is 0.0455. The van der Waals surface area contributed by atoms with E-state index in [9.17, 15) is 9.59 Å². The van der Waals surface area contributed by atoms with Crippen molar-refractivity contribution in [1.82, 2.24) is 0 Å². The van der Waals surface area contributed by atoms with Crippen molar-refractivity contribution >= 4 is 71.0 Å². The number of amides is 1. The first kappa shape index (κ1) is 21.5. The lowest BCUT2D eigenvalue weighted by molar-refractivity contribution is 0.0603. The third-order valence-corrected chi connectivity index (χ3v) is 6.45. The average molecular weight is 562 g/mol. The van der Waals surface area contributed by atoms with E-state index in [4.69, 9.17) is 14.6 Å². The van der Waals surface area contributed by atoms with Gasteiger partial charge in [0.1, 0.15) is 21.7 Å². The summed E-state index contributed by atoms with van der Waals surface area (Å²) < 4.78 is 12.2. The molecule has 4 aromatic rings. The summed E-state index contributed by atoms with van der Waals surface area (Å²) in [4.78, 5) is 25.5. The lowest BCUT2D eigenvalue weighted by atomic mass is 10.0. The Morgan fingerprint density at radius 1 is 1.06 bits per heavy atom. The highest BCUT2D eigenvalue weighted by Crippen LogP contribution is 2.36. The molecule has 0 unspecified atom stereocenters. The highest BCUT2D eigenvalue weighted by Gasteiger charge is 2.23. The number of hydrogen-bond donors (Lipinski definition) is 2. The van der Waals surface area contributed by atoms with Crippen LogP contribution in [0.15, 0.2) is 67.3 Å². The highest BCUT2D eigenvalue weighted by atomic mass is 79.9. The number of carbonyl (C=O) groups excluding carboxylic acids is 2. The molecule has 0 atom stereocenters. The van der Waals surface area contributed by atoms with Gasteiger partial charge in [0.05, 0.1) is 7.11 Å². The predicted octanol–water partition coefficient (Wildman–Crippen LogP) is 6.20. The van der Waals surface area contributed by atoms with Crippen LogP contribution in [0.25, 0.3) is 22.1 Å². The first-order chi connectivity index (χ1) is 14.9. The van der Waals surface area contributed by atoms with Gasteiger partial charge in [0.25, 0.3) is 5.91 Å². The number of nitrogens with one attached hydrogen (secondary N) is 2. The van der Waals surface area contributed by atoms with Crippen molar-refractivity contribution in [2.24, 2.45) is 0 Å². The van der Waals surface area contributed by atoms with E-state index in [0.29, 0.717) is 21.5 Å². The summed E-state index contributed by atoms with van der Waals surface area (Å²) in [6, 6.07) is 14.4. The smallest absolute Gasteiger partial charge is 0.341 e. The van der Waals surface area contributed by atoms with Gasteiger partial charge in [0.15, 0.2) is 0 Å². The molecule has 9 heteroatoms. The Balaban J connectivity index is 1.74. The molecule has 6 nitrogen and oxygen atoms in total. The van der Waals surface area contributed by atoms with E-state index in [0.717, 1.165) is 14.5 Å². The maximum absolute atomic E-state index is 13.0. The van der Waals surface area contributed by atoms with Crippen molar-refractivity contribution in [3.63, 3.8) is 0 Å². The number of rotatable bonds is 4. The molecule has 0 aliphatic heterocycles. The van der Waals surface area contributed by atoms with Crippen LogP contribution in [0.2, 0.25) is 0 Å². The number of hydrogen-bond acceptors (Lipinski definition) is 6. The monoisotopic (exact) mass is 560 g/mol. The topological polar surface area (TPSA) is 92.4 Å². The zero-order valence-corrected chi connectivity index (χ0v) is 20.0. The summed E-state index contributed by atoms with van der Waals surface area (Å²) in [5.74, 6) is -1.11. The van der Waals surface area contributed by atoms with Gasteiger partial charge >= 0.3 is 5.97 Å². The predicted molar refractivity (Wildman–Crippen MR) is 127 cm³/mol. The molecular weight excluding hydrogens is 548 g/mol. The summed E-state index contributed by atoms with van der Waals surface area (Å²) in [7, 11) is 1.29. The molecule has 0 saturated heterocycles. The maximum Gasteiger partial charge on any atom is 0.341 e. The summed E-state index contributed by atoms with van der Waals surface area (Å²) in [5, 5.41) is 13.6. The molecule has 0 spiro atoms. The largest absolute Gasteiger partial charge is 0.465 e. The number of thiophene rings is 1. The van der Waals surface area contributed by atoms with Crippen molar-refractivity contribution in [3.05, 3.63) is 79.5 Å². The molecule has 0 aliphatic carbocycles. The minimum atomic E-state index is -0.562. The van der Waals surface area contributed by atoms with E-state index in [-0.39, 0.29) is 16.7 Å². The van der Waals surface area contributed by atoms with Gasteiger partial charge in [-0.25, -0.2) is 4.79 Å². The van der Waals surface area contributed by atoms with E-state index in [1.54, 1.807) is 29.6 Å². The quantitative estimate of drug-likeness (QED) is 0.290. The van der Waals surface area contributed by atoms with E-state index in [1.165, 1.54) is 18.4 Å². The number of fused-ring (bicyclic) bond motifs is 1. The minimum absolute atomic E-state index is 0.0556. The third kappa shape index (κ3) is 4.34. The standard InChI is InChI=1S/C22H14Br2N2O4S/c1-29-22(28)18-16(11-2-4-13(23)5-3-11)10-31-21(18)26-20(27)15-9-12-8-14(24)6-7-17(12)30-19(15)25/h2-10,25H,1H3,(H,26,27). The summed E-state index contributed by atoms with van der Waals surface area (Å²) >= 11 is 7.99. The number of anilines is 1. The maximum atomic E-state index is 13.0. The molecule has 2 heterocycles. The number of esters is 1. The zero-order chi connectivity index (χ0) is 22.1. The Morgan fingerprint density at radius 2 is 1.77 bits per heavy atom. The molecule has 1 amide bonds. The van der Waals surface area contributed by atoms with Crippen LogP contribution in [0.5, 0.6) is 0 Å². The zero-order valence-electron chi connectivity index (χ0n) is 16.0. The van der Waals surface area contributed by atoms with Gasteiger partial charge in [-0.3, -0.25) is 10.2 Å². The molecular formula is C22H14Br2N2O4S. The summed E-state index contributed by atoms with van der Waals surface area (Å²) in [5.41, 5.74) is 2.01. The minimum Gasteiger partial charge on any atom is -0.465 e. The van der Waals surface area contributed by atoms with Crippen molar-refractivity contribution in [2.45, 2.75) is 0 Å². The number of methoxy groups -OCH3 is 1. The fourth-order valence-electron chi connectivity index (χ4n) is 3.05. The first-order valence-corrected chi connectivity index (χ1v) is 11.4. The van der Waals surface area contributed by atoms with Crippen molar-refractivity contribution in [2.75, 3.05) is 12.4 Å². The Hall–Kier alpha value is -2.75. The van der Waals surface area contributed by atoms with Crippen LogP contribution in [-0.4, -0.2) is 19.0 Å². The van der Waals surface area contributed by atoms with Gasteiger partial charge in [-0.2, -0.15) is 0 Å². The van der Waals surface area contributed by atoms with Gasteiger partial charge in [-0.15, -0.1) is 11.3 Å². The average Bonchev–Trinajstić information content (AvgIpc) is 3.16. The molecule has 2 N–H and O–H groups in total. The Kier molecular flexibility index (Phi) is 6.08. The van der Waals surface area contributed by atoms with Gasteiger partial charge in [-0.1, -0.05) is 44.0 Å². The normalized spacial score (nSPS) is 10.8. The van der Waals surface area contributed by atoms with Crippen LogP contribution >= 0.6 is 43.2 Å². The van der Waals surface area contributed by atoms with Gasteiger partial charge in [0.2, 0.25) is 5.55 Å². The van der Waals surface area contributed by atoms with Crippen molar-refractivity contribution < 1.29 is 18.7 Å². The molecule has 0 radical (unpaired) electrons. The van der Waals surface area contributed by atoms with Gasteiger partial charge in [0, 0.05) is 25.3 Å². The summed E-state index contributed by atoms with van der Waals surface area (Å²) in [6.45, 7) is 0. The van der Waals surface area contributed by atoms with Crippen LogP contribution in [0.4, 0.5) is 5.00 Å². The van der Waals surface area contributed by atoms with Crippen LogP contribution in [0, 0.1) is 5.41 Å². The number of benzene rings is 2. The first-order valence-electron chi connectivity index (χ1n) is 8.92. The molecule has 0 aliphatic rings. The second-order valence-corrected chi connectivity index (χ2v) is 9.19. The summed E-state index contributed by atoms with van der Waals surface area (Å²) in [6.07, 6.45) is 0. The SMILES string of the molecule is COC(=O)c1c(-c2ccc(Br)cc2)csc1NC(=O)c1cc2cc(Br)ccc2oc1=N. The molecule has 4 rings (SSSR count). The molecule has 156 valence electrons. The molecule has 0 bridgehead atoms. The number of ether oxygens (including phenoxy) is 1. The lowest BCUT2D eigenvalue weighted by Gasteiger charge is -2.08. The molecule has 0 fully saturated rings. The van der Waals surface area contributed by atoms with Crippen LogP contribution in [-0.2, 0) is 4.74 Å². The molecule has 2 aromatic heterocycles. The van der Waals surface area contributed by atoms with E-state index in [2.05, 4.69) is 37.2 Å². The Morgan fingerprint density at radius 3 is 2.48 bits per heavy atom. The van der Waals surface area contributed by atoms with Gasteiger partial charge in [-0.05, 0) is 42.0 Å². The van der Waals surface area contributed by atoms with E-state index in [1.807, 2.05) is 24.3 Å². The van der Waals surface area contributed by atoms with Gasteiger partial charge < -0.3 is 14.5 Å². The Bertz CT molecular complexity index is 1380. The van der Waals surface area contributed by atoms with E-state index >= 15 is 0 Å². The molecule has 2 aromatic carbocycles. The van der Waals surface area contributed by atoms with Crippen molar-refractivity contribution in [3.8, 4) is 11.1 Å². The number of halogens is 2. The fourth-order valence-corrected chi connectivity index (χ4v) is 4.64. The van der Waals surface area contributed by atoms with E-state index < -0.39 is 11.9 Å². The Labute approximate surface area is 197 Å². The second-order valence-electron chi connectivity index (χ2n) is 6.48. The third-order valence-electron chi connectivity index (χ3n) is 4.54. The van der Waals surface area contributed by atoms with Crippen LogP contribution in [0.3, 0.4) is 0 Å². The van der Waals surface area contributed by atoms with Crippen LogP contribution in [0.1, 0.15) is 20.7 Å². The molecule has 0 saturated carbocycles. The second kappa shape index (κ2) is 8.78. The highest BCUT2D eigenvalue weighted by molar-refractivity contribution is 9.10. The number of carbonyl (C=O) groups is 2. The molecule has 31 heavy (non-hydrogen) atoms. The lowest BCUT2D eigenvalue weighted by Crippen LogP contribution is -2.21. The van der Waals surface area contributed by atoms with Crippen molar-refractivity contribution in [1.29, 1.82) is 5.41 Å².